The molecule has 0 bridgehead atoms. The Hall–Kier alpha value is -1.36. The highest BCUT2D eigenvalue weighted by Crippen LogP contribution is 2.28. The van der Waals surface area contributed by atoms with Gasteiger partial charge in [-0.15, -0.1) is 11.3 Å². The van der Waals surface area contributed by atoms with Crippen LogP contribution in [0.5, 0.6) is 0 Å². The van der Waals surface area contributed by atoms with Crippen LogP contribution in [0.25, 0.3) is 16.2 Å². The van der Waals surface area contributed by atoms with Crippen LogP contribution in [0.15, 0.2) is 35.8 Å². The lowest BCUT2D eigenvalue weighted by Crippen LogP contribution is -1.97. The van der Waals surface area contributed by atoms with Crippen LogP contribution in [0.1, 0.15) is 12.6 Å². The van der Waals surface area contributed by atoms with Crippen molar-refractivity contribution in [3.8, 4) is 11.3 Å². The first-order chi connectivity index (χ1) is 9.29. The van der Waals surface area contributed by atoms with Crippen molar-refractivity contribution in [2.45, 2.75) is 13.5 Å². The standard InChI is InChI=1S/C14H13ClN2OS/c1-2-18-9-12-13(10-3-5-11(15)6-4-10)16-14-17(12)7-8-19-14/h3-8H,2,9H2,1H3. The van der Waals surface area contributed by atoms with E-state index < -0.39 is 0 Å². The number of rotatable bonds is 4. The molecule has 0 N–H and O–H groups in total. The summed E-state index contributed by atoms with van der Waals surface area (Å²) in [4.78, 5) is 5.67. The molecule has 0 saturated heterocycles. The lowest BCUT2D eigenvalue weighted by molar-refractivity contribution is 0.131. The summed E-state index contributed by atoms with van der Waals surface area (Å²) < 4.78 is 7.65. The average molecular weight is 293 g/mol. The monoisotopic (exact) mass is 292 g/mol. The smallest absolute Gasteiger partial charge is 0.194 e. The molecule has 0 spiro atoms. The number of nitrogens with zero attached hydrogens (tertiary/aromatic N) is 2. The zero-order valence-electron chi connectivity index (χ0n) is 10.5. The van der Waals surface area contributed by atoms with Crippen LogP contribution >= 0.6 is 22.9 Å². The summed E-state index contributed by atoms with van der Waals surface area (Å²) in [6.45, 7) is 3.25. The summed E-state index contributed by atoms with van der Waals surface area (Å²) in [6, 6.07) is 7.75. The number of fused-ring (bicyclic) bond motifs is 1. The summed E-state index contributed by atoms with van der Waals surface area (Å²) in [7, 11) is 0. The topological polar surface area (TPSA) is 26.5 Å². The van der Waals surface area contributed by atoms with Crippen LogP contribution < -0.4 is 0 Å². The van der Waals surface area contributed by atoms with Gasteiger partial charge in [0.05, 0.1) is 18.0 Å². The highest BCUT2D eigenvalue weighted by Gasteiger charge is 2.14. The third kappa shape index (κ3) is 2.39. The van der Waals surface area contributed by atoms with Crippen LogP contribution in [0.4, 0.5) is 0 Å². The second kappa shape index (κ2) is 5.33. The van der Waals surface area contributed by atoms with E-state index in [0.29, 0.717) is 13.2 Å². The molecule has 0 unspecified atom stereocenters. The molecule has 19 heavy (non-hydrogen) atoms. The van der Waals surface area contributed by atoms with Gasteiger partial charge in [0.2, 0.25) is 0 Å². The molecule has 5 heteroatoms. The van der Waals surface area contributed by atoms with Crippen molar-refractivity contribution in [1.82, 2.24) is 9.38 Å². The van der Waals surface area contributed by atoms with E-state index in [4.69, 9.17) is 16.3 Å². The van der Waals surface area contributed by atoms with E-state index in [1.807, 2.05) is 42.8 Å². The summed E-state index contributed by atoms with van der Waals surface area (Å²) in [5.41, 5.74) is 3.12. The lowest BCUT2D eigenvalue weighted by atomic mass is 10.1. The second-order valence-electron chi connectivity index (χ2n) is 4.11. The molecule has 0 amide bonds. The summed E-state index contributed by atoms with van der Waals surface area (Å²) in [5.74, 6) is 0. The molecule has 0 aliphatic carbocycles. The van der Waals surface area contributed by atoms with Gasteiger partial charge in [0.1, 0.15) is 0 Å². The van der Waals surface area contributed by atoms with Gasteiger partial charge in [0, 0.05) is 28.8 Å². The van der Waals surface area contributed by atoms with E-state index >= 15 is 0 Å². The number of aromatic nitrogens is 2. The predicted molar refractivity (Wildman–Crippen MR) is 78.8 cm³/mol. The SMILES string of the molecule is CCOCc1c(-c2ccc(Cl)cc2)nc2sccn12. The van der Waals surface area contributed by atoms with Crippen molar-refractivity contribution >= 4 is 27.9 Å². The number of thiazole rings is 1. The fourth-order valence-electron chi connectivity index (χ4n) is 2.01. The quantitative estimate of drug-likeness (QED) is 0.718. The largest absolute Gasteiger partial charge is 0.375 e. The van der Waals surface area contributed by atoms with Gasteiger partial charge in [-0.05, 0) is 19.1 Å². The van der Waals surface area contributed by atoms with Crippen LogP contribution in [-0.2, 0) is 11.3 Å². The minimum absolute atomic E-state index is 0.562. The maximum Gasteiger partial charge on any atom is 0.194 e. The first-order valence-electron chi connectivity index (χ1n) is 6.07. The van der Waals surface area contributed by atoms with E-state index in [1.165, 1.54) is 0 Å². The van der Waals surface area contributed by atoms with Crippen molar-refractivity contribution in [2.24, 2.45) is 0 Å². The molecular weight excluding hydrogens is 280 g/mol. The molecule has 1 aromatic carbocycles. The maximum atomic E-state index is 5.93. The molecule has 98 valence electrons. The Morgan fingerprint density at radius 1 is 1.32 bits per heavy atom. The van der Waals surface area contributed by atoms with Gasteiger partial charge in [0.15, 0.2) is 4.96 Å². The Balaban J connectivity index is 2.10. The Labute approximate surface area is 120 Å². The molecule has 3 nitrogen and oxygen atoms in total. The van der Waals surface area contributed by atoms with Gasteiger partial charge < -0.3 is 4.74 Å². The van der Waals surface area contributed by atoms with Crippen molar-refractivity contribution in [1.29, 1.82) is 0 Å². The Morgan fingerprint density at radius 3 is 2.84 bits per heavy atom. The summed E-state index contributed by atoms with van der Waals surface area (Å²) in [5, 5.41) is 2.76. The van der Waals surface area contributed by atoms with Gasteiger partial charge in [-0.3, -0.25) is 4.40 Å². The minimum atomic E-state index is 0.562. The number of hydrogen-bond acceptors (Lipinski definition) is 3. The Morgan fingerprint density at radius 2 is 2.11 bits per heavy atom. The zero-order chi connectivity index (χ0) is 13.2. The highest BCUT2D eigenvalue weighted by atomic mass is 35.5. The molecule has 0 fully saturated rings. The van der Waals surface area contributed by atoms with E-state index in [9.17, 15) is 0 Å². The third-order valence-corrected chi connectivity index (χ3v) is 3.93. The van der Waals surface area contributed by atoms with E-state index in [1.54, 1.807) is 11.3 Å². The van der Waals surface area contributed by atoms with Crippen LogP contribution in [0.3, 0.4) is 0 Å². The summed E-state index contributed by atoms with van der Waals surface area (Å²) >= 11 is 7.56. The number of benzene rings is 1. The molecule has 3 aromatic rings. The van der Waals surface area contributed by atoms with Crippen molar-refractivity contribution in [3.05, 3.63) is 46.6 Å². The fourth-order valence-corrected chi connectivity index (χ4v) is 2.87. The Bertz CT molecular complexity index is 687. The van der Waals surface area contributed by atoms with Crippen LogP contribution in [-0.4, -0.2) is 16.0 Å². The maximum absolute atomic E-state index is 5.93. The van der Waals surface area contributed by atoms with E-state index in [2.05, 4.69) is 9.38 Å². The molecule has 2 heterocycles. The fraction of sp³-hybridized carbons (Fsp3) is 0.214. The molecule has 3 rings (SSSR count). The number of halogens is 1. The van der Waals surface area contributed by atoms with Gasteiger partial charge in [0.25, 0.3) is 0 Å². The van der Waals surface area contributed by atoms with Gasteiger partial charge in [-0.1, -0.05) is 23.7 Å². The molecular formula is C14H13ClN2OS. The normalized spacial score (nSPS) is 11.3. The Kier molecular flexibility index (Phi) is 3.55. The second-order valence-corrected chi connectivity index (χ2v) is 5.42. The number of hydrogen-bond donors (Lipinski definition) is 0. The zero-order valence-corrected chi connectivity index (χ0v) is 12.0. The van der Waals surface area contributed by atoms with E-state index in [0.717, 1.165) is 26.9 Å². The van der Waals surface area contributed by atoms with Gasteiger partial charge >= 0.3 is 0 Å². The number of imidazole rings is 1. The van der Waals surface area contributed by atoms with Crippen molar-refractivity contribution in [3.63, 3.8) is 0 Å². The van der Waals surface area contributed by atoms with Crippen molar-refractivity contribution in [2.75, 3.05) is 6.61 Å². The number of ether oxygens (including phenoxy) is 1. The molecule has 0 aliphatic rings. The third-order valence-electron chi connectivity index (χ3n) is 2.92. The minimum Gasteiger partial charge on any atom is -0.375 e. The van der Waals surface area contributed by atoms with Gasteiger partial charge in [-0.2, -0.15) is 0 Å². The lowest BCUT2D eigenvalue weighted by Gasteiger charge is -2.04. The van der Waals surface area contributed by atoms with Crippen LogP contribution in [0, 0.1) is 0 Å². The first-order valence-corrected chi connectivity index (χ1v) is 7.33. The predicted octanol–water partition coefficient (Wildman–Crippen LogP) is 4.25. The van der Waals surface area contributed by atoms with Crippen LogP contribution in [0.2, 0.25) is 5.02 Å². The average Bonchev–Trinajstić information content (AvgIpc) is 2.98. The molecule has 0 saturated carbocycles. The summed E-state index contributed by atoms with van der Waals surface area (Å²) in [6.07, 6.45) is 2.03. The first kappa shape index (κ1) is 12.7. The molecule has 0 radical (unpaired) electrons. The van der Waals surface area contributed by atoms with Gasteiger partial charge in [-0.25, -0.2) is 4.98 Å². The molecule has 0 aliphatic heterocycles. The highest BCUT2D eigenvalue weighted by molar-refractivity contribution is 7.15. The molecule has 2 aromatic heterocycles. The van der Waals surface area contributed by atoms with Crippen molar-refractivity contribution < 1.29 is 4.74 Å². The molecule has 0 atom stereocenters. The van der Waals surface area contributed by atoms with E-state index in [-0.39, 0.29) is 0 Å².